The summed E-state index contributed by atoms with van der Waals surface area (Å²) in [5.41, 5.74) is 2.11. The van der Waals surface area contributed by atoms with E-state index in [2.05, 4.69) is 22.5 Å². The van der Waals surface area contributed by atoms with Crippen molar-refractivity contribution >= 4 is 5.97 Å². The second-order valence-electron chi connectivity index (χ2n) is 22.0. The first kappa shape index (κ1) is 55.4. The Bertz CT molecular complexity index is 2360. The molecule has 4 aliphatic heterocycles. The van der Waals surface area contributed by atoms with Crippen molar-refractivity contribution in [1.29, 1.82) is 0 Å². The third kappa shape index (κ3) is 12.7. The maximum Gasteiger partial charge on any atom is 0.303 e. The molecule has 3 aromatic rings. The van der Waals surface area contributed by atoms with Gasteiger partial charge in [0.25, 0.3) is 0 Å². The number of fused-ring (bicyclic) bond motifs is 6. The minimum atomic E-state index is -1.61. The molecular weight excluding hydrogens is 909 g/mol. The molecule has 0 aromatic heterocycles. The van der Waals surface area contributed by atoms with Crippen molar-refractivity contribution in [2.45, 2.75) is 202 Å². The second kappa shape index (κ2) is 24.8. The Morgan fingerprint density at radius 3 is 2.32 bits per heavy atom. The van der Waals surface area contributed by atoms with Crippen LogP contribution in [0.15, 0.2) is 96.1 Å². The van der Waals surface area contributed by atoms with Crippen LogP contribution in [0.5, 0.6) is 5.75 Å². The van der Waals surface area contributed by atoms with Crippen molar-refractivity contribution in [3.05, 3.63) is 124 Å². The van der Waals surface area contributed by atoms with Crippen molar-refractivity contribution in [2.75, 3.05) is 6.61 Å². The third-order valence-electron chi connectivity index (χ3n) is 17.2. The average Bonchev–Trinajstić information content (AvgIpc) is 3.81. The van der Waals surface area contributed by atoms with Crippen LogP contribution in [-0.2, 0) is 29.5 Å². The summed E-state index contributed by atoms with van der Waals surface area (Å²) in [6.45, 7) is 5.40. The van der Waals surface area contributed by atoms with Crippen molar-refractivity contribution in [3.8, 4) is 17.6 Å². The van der Waals surface area contributed by atoms with Gasteiger partial charge in [-0.05, 0) is 154 Å². The molecule has 11 N–H and O–H groups in total. The zero-order valence-corrected chi connectivity index (χ0v) is 42.7. The molecule has 4 heterocycles. The fourth-order valence-electron chi connectivity index (χ4n) is 13.0. The SMILES string of the molecule is CCCC[C@H](O)[C@H](O)/C=C/C1=C(\C[C@H](O)CO)[C@H]2CC[C@@H](O)[C@@H]3N[C@H](C)CC[C@H]([C@H]3CC(=O)O)[C@H](O)Cc3ccc(cc3)C[C@@]([C@](C)(O)C3(c4ccc(O)cc4)CCCC3)(CC#Cc3ccccc3CC1)N2. The molecule has 72 heavy (non-hydrogen) atoms. The molecule has 12 heteroatoms. The minimum Gasteiger partial charge on any atom is -0.508 e. The number of nitrogens with one attached hydrogen (secondary N) is 2. The van der Waals surface area contributed by atoms with Gasteiger partial charge in [0.05, 0.1) is 54.7 Å². The highest BCUT2D eigenvalue weighted by Crippen LogP contribution is 2.55. The molecule has 392 valence electrons. The standard InChI is InChI=1S/C60H82N2O10/c1-4-5-14-52(66)53(67)29-22-44-21-20-43-12-7-6-11-42(43)13-10-33-60(58(3,72)59(31-8-9-32-59)45-23-25-46(64)26-24-45)37-41-18-16-40(17-19-41)34-55(69)48-27-15-39(2)61-57(50(48)36-56(70)71)54(68)30-28-51(62-60)49(44)35-47(65)38-63/h6-7,11-12,16-19,22-26,29,39,47-48,50-55,57,61-69,72H,4-5,8-9,14-15,20-21,27-28,30-38H2,1-3H3,(H,70,71)/b29-22+,49-44+/t39-,47+,48-,50-,51-,52+,53-,54-,55-,57-,58-,60-/m1/s1. The number of unbranched alkanes of at least 4 members (excludes halogenated alkanes) is 1. The van der Waals surface area contributed by atoms with Gasteiger partial charge in [0.15, 0.2) is 0 Å². The number of aryl methyl sites for hydroxylation is 1. The topological polar surface area (TPSA) is 223 Å². The van der Waals surface area contributed by atoms with E-state index in [1.165, 1.54) is 0 Å². The Morgan fingerprint density at radius 1 is 0.917 bits per heavy atom. The normalized spacial score (nSPS) is 30.3. The Kier molecular flexibility index (Phi) is 19.0. The van der Waals surface area contributed by atoms with E-state index in [-0.39, 0.29) is 56.7 Å². The zero-order valence-electron chi connectivity index (χ0n) is 42.7. The van der Waals surface area contributed by atoms with E-state index < -0.39 is 83.6 Å². The summed E-state index contributed by atoms with van der Waals surface area (Å²) in [6.07, 6.45) is 5.92. The number of allylic oxidation sites excluding steroid dienone is 2. The number of hydrogen-bond acceptors (Lipinski definition) is 11. The number of rotatable bonds is 14. The van der Waals surface area contributed by atoms with Gasteiger partial charge in [-0.25, -0.2) is 0 Å². The lowest BCUT2D eigenvalue weighted by Gasteiger charge is -2.56. The van der Waals surface area contributed by atoms with Gasteiger partial charge >= 0.3 is 5.97 Å². The highest BCUT2D eigenvalue weighted by Gasteiger charge is 2.61. The molecule has 2 fully saturated rings. The molecule has 0 spiro atoms. The molecule has 5 aliphatic rings. The van der Waals surface area contributed by atoms with Crippen LogP contribution in [0, 0.1) is 23.7 Å². The number of carboxylic acid groups (broad SMARTS) is 1. The van der Waals surface area contributed by atoms with Crippen LogP contribution in [0.2, 0.25) is 0 Å². The molecule has 3 aromatic carbocycles. The number of carboxylic acids is 1. The van der Waals surface area contributed by atoms with Crippen LogP contribution in [0.25, 0.3) is 0 Å². The number of phenols is 1. The van der Waals surface area contributed by atoms with Gasteiger partial charge in [0.2, 0.25) is 0 Å². The van der Waals surface area contributed by atoms with E-state index in [0.29, 0.717) is 50.5 Å². The summed E-state index contributed by atoms with van der Waals surface area (Å²) in [6, 6.07) is 21.6. The third-order valence-corrected chi connectivity index (χ3v) is 17.2. The number of aliphatic carboxylic acids is 1. The summed E-state index contributed by atoms with van der Waals surface area (Å²) in [7, 11) is 0. The van der Waals surface area contributed by atoms with E-state index in [0.717, 1.165) is 59.1 Å². The van der Waals surface area contributed by atoms with Gasteiger partial charge < -0.3 is 56.6 Å². The minimum absolute atomic E-state index is 0.0175. The summed E-state index contributed by atoms with van der Waals surface area (Å²) in [4.78, 5) is 12.7. The molecule has 8 rings (SSSR count). The number of benzene rings is 3. The number of aromatic hydroxyl groups is 1. The monoisotopic (exact) mass is 991 g/mol. The summed E-state index contributed by atoms with van der Waals surface area (Å²) < 4.78 is 0. The van der Waals surface area contributed by atoms with E-state index in [4.69, 9.17) is 0 Å². The van der Waals surface area contributed by atoms with Crippen LogP contribution in [0.4, 0.5) is 0 Å². The highest BCUT2D eigenvalue weighted by molar-refractivity contribution is 5.67. The lowest BCUT2D eigenvalue weighted by molar-refractivity contribution is -0.139. The lowest BCUT2D eigenvalue weighted by atomic mass is 9.56. The van der Waals surface area contributed by atoms with E-state index in [9.17, 15) is 50.8 Å². The number of aliphatic hydroxyl groups is 7. The number of carbonyl (C=O) groups is 1. The fourth-order valence-corrected chi connectivity index (χ4v) is 13.0. The number of hydrogen-bond donors (Lipinski definition) is 11. The summed E-state index contributed by atoms with van der Waals surface area (Å²) in [5, 5.41) is 113. The second-order valence-corrected chi connectivity index (χ2v) is 22.0. The van der Waals surface area contributed by atoms with Gasteiger partial charge in [-0.2, -0.15) is 0 Å². The molecule has 1 saturated carbocycles. The Hall–Kier alpha value is -4.39. The largest absolute Gasteiger partial charge is 0.508 e. The molecule has 1 saturated heterocycles. The maximum absolute atomic E-state index is 14.3. The van der Waals surface area contributed by atoms with Gasteiger partial charge in [-0.15, -0.1) is 0 Å². The molecular formula is C60H82N2O10. The number of aliphatic hydroxyl groups excluding tert-OH is 6. The summed E-state index contributed by atoms with van der Waals surface area (Å²) in [5.74, 6) is 5.16. The van der Waals surface area contributed by atoms with Crippen LogP contribution >= 0.6 is 0 Å². The van der Waals surface area contributed by atoms with Crippen molar-refractivity contribution < 1.29 is 50.8 Å². The van der Waals surface area contributed by atoms with Crippen LogP contribution < -0.4 is 10.6 Å². The first-order valence-electron chi connectivity index (χ1n) is 26.8. The first-order valence-corrected chi connectivity index (χ1v) is 26.8. The average molecular weight is 991 g/mol. The van der Waals surface area contributed by atoms with Crippen LogP contribution in [0.3, 0.4) is 0 Å². The van der Waals surface area contributed by atoms with Crippen LogP contribution in [-0.4, -0.2) is 118 Å². The molecule has 0 amide bonds. The smallest absolute Gasteiger partial charge is 0.303 e. The first-order chi connectivity index (χ1) is 34.5. The number of phenolic OH excluding ortho intramolecular Hbond substituents is 1. The fraction of sp³-hybridized carbons (Fsp3) is 0.583. The van der Waals surface area contributed by atoms with Gasteiger partial charge in [0.1, 0.15) is 5.75 Å². The molecule has 12 atom stereocenters. The molecule has 0 unspecified atom stereocenters. The van der Waals surface area contributed by atoms with E-state index in [1.54, 1.807) is 18.2 Å². The van der Waals surface area contributed by atoms with E-state index in [1.807, 2.05) is 87.5 Å². The highest BCUT2D eigenvalue weighted by atomic mass is 16.4. The Labute approximate surface area is 427 Å². The molecule has 6 bridgehead atoms. The van der Waals surface area contributed by atoms with Crippen molar-refractivity contribution in [2.24, 2.45) is 11.8 Å². The Balaban J connectivity index is 1.53. The lowest BCUT2D eigenvalue weighted by Crippen LogP contribution is -2.72. The molecule has 12 nitrogen and oxygen atoms in total. The zero-order chi connectivity index (χ0) is 51.6. The maximum atomic E-state index is 14.3. The van der Waals surface area contributed by atoms with Crippen molar-refractivity contribution in [1.82, 2.24) is 10.6 Å². The van der Waals surface area contributed by atoms with Gasteiger partial charge in [-0.3, -0.25) is 4.79 Å². The van der Waals surface area contributed by atoms with Gasteiger partial charge in [0, 0.05) is 35.5 Å². The summed E-state index contributed by atoms with van der Waals surface area (Å²) >= 11 is 0. The Morgan fingerprint density at radius 2 is 1.62 bits per heavy atom. The molecule has 0 radical (unpaired) electrons. The predicted molar refractivity (Wildman–Crippen MR) is 280 cm³/mol. The van der Waals surface area contributed by atoms with E-state index >= 15 is 0 Å². The quantitative estimate of drug-likeness (QED) is 0.0761. The van der Waals surface area contributed by atoms with Gasteiger partial charge in [-0.1, -0.05) is 111 Å². The van der Waals surface area contributed by atoms with Crippen LogP contribution in [0.1, 0.15) is 145 Å². The molecule has 1 aliphatic carbocycles. The predicted octanol–water partition coefficient (Wildman–Crippen LogP) is 6.70. The van der Waals surface area contributed by atoms with Crippen molar-refractivity contribution in [3.63, 3.8) is 0 Å².